The average molecular weight is 269 g/mol. The summed E-state index contributed by atoms with van der Waals surface area (Å²) in [7, 11) is 0. The van der Waals surface area contributed by atoms with Gasteiger partial charge >= 0.3 is 0 Å². The monoisotopic (exact) mass is 269 g/mol. The summed E-state index contributed by atoms with van der Waals surface area (Å²) in [6.45, 7) is 3.99. The second kappa shape index (κ2) is 4.76. The van der Waals surface area contributed by atoms with Crippen LogP contribution in [0, 0.1) is 19.7 Å². The Labute approximate surface area is 117 Å². The Bertz CT molecular complexity index is 776. The number of rotatable bonds is 2. The van der Waals surface area contributed by atoms with Crippen LogP contribution in [0.25, 0.3) is 11.0 Å². The third-order valence-electron chi connectivity index (χ3n) is 3.65. The first-order valence-electron chi connectivity index (χ1n) is 6.57. The Morgan fingerprint density at radius 3 is 2.60 bits per heavy atom. The molecule has 0 aliphatic rings. The maximum atomic E-state index is 13.9. The van der Waals surface area contributed by atoms with Gasteiger partial charge in [0.25, 0.3) is 0 Å². The number of hydrogen-bond acceptors (Lipinski definition) is 2. The SMILES string of the molecule is Cc1ccc2oc(C(N)c3ccccc3F)c(C)c2c1. The van der Waals surface area contributed by atoms with E-state index in [2.05, 4.69) is 6.07 Å². The van der Waals surface area contributed by atoms with Gasteiger partial charge in [-0.05, 0) is 32.0 Å². The minimum atomic E-state index is -0.594. The van der Waals surface area contributed by atoms with Crippen molar-refractivity contribution in [1.82, 2.24) is 0 Å². The summed E-state index contributed by atoms with van der Waals surface area (Å²) in [5, 5.41) is 1.03. The number of aryl methyl sites for hydroxylation is 2. The highest BCUT2D eigenvalue weighted by atomic mass is 19.1. The lowest BCUT2D eigenvalue weighted by molar-refractivity contribution is 0.507. The van der Waals surface area contributed by atoms with E-state index in [9.17, 15) is 4.39 Å². The fourth-order valence-electron chi connectivity index (χ4n) is 2.52. The van der Waals surface area contributed by atoms with Crippen molar-refractivity contribution in [2.45, 2.75) is 19.9 Å². The van der Waals surface area contributed by atoms with Crippen molar-refractivity contribution < 1.29 is 8.81 Å². The molecule has 102 valence electrons. The lowest BCUT2D eigenvalue weighted by atomic mass is 10.0. The molecular weight excluding hydrogens is 253 g/mol. The van der Waals surface area contributed by atoms with Gasteiger partial charge in [-0.3, -0.25) is 0 Å². The number of furan rings is 1. The molecule has 2 N–H and O–H groups in total. The van der Waals surface area contributed by atoms with E-state index in [1.807, 2.05) is 26.0 Å². The van der Waals surface area contributed by atoms with Gasteiger partial charge in [0, 0.05) is 16.5 Å². The van der Waals surface area contributed by atoms with Crippen LogP contribution in [0.5, 0.6) is 0 Å². The third kappa shape index (κ3) is 2.00. The maximum Gasteiger partial charge on any atom is 0.134 e. The average Bonchev–Trinajstić information content (AvgIpc) is 2.76. The van der Waals surface area contributed by atoms with Crippen LogP contribution in [-0.4, -0.2) is 0 Å². The number of hydrogen-bond donors (Lipinski definition) is 1. The zero-order valence-corrected chi connectivity index (χ0v) is 11.5. The lowest BCUT2D eigenvalue weighted by Gasteiger charge is -2.11. The van der Waals surface area contributed by atoms with Gasteiger partial charge < -0.3 is 10.2 Å². The third-order valence-corrected chi connectivity index (χ3v) is 3.65. The van der Waals surface area contributed by atoms with Gasteiger partial charge in [0.2, 0.25) is 0 Å². The molecule has 0 fully saturated rings. The molecule has 1 heterocycles. The van der Waals surface area contributed by atoms with Crippen LogP contribution in [0.4, 0.5) is 4.39 Å². The van der Waals surface area contributed by atoms with E-state index in [4.69, 9.17) is 10.2 Å². The molecular formula is C17H16FNO. The molecule has 0 radical (unpaired) electrons. The van der Waals surface area contributed by atoms with E-state index < -0.39 is 6.04 Å². The molecule has 1 unspecified atom stereocenters. The van der Waals surface area contributed by atoms with Gasteiger partial charge in [0.15, 0.2) is 0 Å². The molecule has 2 nitrogen and oxygen atoms in total. The van der Waals surface area contributed by atoms with Crippen LogP contribution in [-0.2, 0) is 0 Å². The van der Waals surface area contributed by atoms with E-state index in [1.165, 1.54) is 6.07 Å². The zero-order valence-electron chi connectivity index (χ0n) is 11.5. The molecule has 0 bridgehead atoms. The second-order valence-electron chi connectivity index (χ2n) is 5.09. The van der Waals surface area contributed by atoms with Crippen molar-refractivity contribution in [3.63, 3.8) is 0 Å². The Hall–Kier alpha value is -2.13. The van der Waals surface area contributed by atoms with E-state index >= 15 is 0 Å². The highest BCUT2D eigenvalue weighted by Crippen LogP contribution is 2.32. The topological polar surface area (TPSA) is 39.2 Å². The van der Waals surface area contributed by atoms with Crippen molar-refractivity contribution in [3.05, 3.63) is 70.7 Å². The summed E-state index contributed by atoms with van der Waals surface area (Å²) >= 11 is 0. The fraction of sp³-hybridized carbons (Fsp3) is 0.176. The van der Waals surface area contributed by atoms with Gasteiger partial charge in [-0.1, -0.05) is 29.8 Å². The van der Waals surface area contributed by atoms with Gasteiger partial charge in [0.05, 0.1) is 6.04 Å². The fourth-order valence-corrected chi connectivity index (χ4v) is 2.52. The van der Waals surface area contributed by atoms with Crippen molar-refractivity contribution in [3.8, 4) is 0 Å². The summed E-state index contributed by atoms with van der Waals surface area (Å²) in [5.74, 6) is 0.312. The summed E-state index contributed by atoms with van der Waals surface area (Å²) in [6, 6.07) is 11.9. The highest BCUT2D eigenvalue weighted by molar-refractivity contribution is 5.83. The molecule has 0 spiro atoms. The quantitative estimate of drug-likeness (QED) is 0.756. The molecule has 3 rings (SSSR count). The first kappa shape index (κ1) is 12.9. The largest absolute Gasteiger partial charge is 0.459 e. The zero-order chi connectivity index (χ0) is 14.3. The number of benzene rings is 2. The number of nitrogens with two attached hydrogens (primary N) is 1. The van der Waals surface area contributed by atoms with Crippen molar-refractivity contribution in [2.24, 2.45) is 5.73 Å². The molecule has 0 saturated carbocycles. The highest BCUT2D eigenvalue weighted by Gasteiger charge is 2.20. The van der Waals surface area contributed by atoms with Crippen LogP contribution >= 0.6 is 0 Å². The predicted molar refractivity (Wildman–Crippen MR) is 78.1 cm³/mol. The van der Waals surface area contributed by atoms with Crippen LogP contribution < -0.4 is 5.73 Å². The minimum Gasteiger partial charge on any atom is -0.459 e. The van der Waals surface area contributed by atoms with Gasteiger partial charge in [0.1, 0.15) is 17.2 Å². The Morgan fingerprint density at radius 2 is 1.85 bits per heavy atom. The van der Waals surface area contributed by atoms with Crippen LogP contribution in [0.3, 0.4) is 0 Å². The molecule has 0 amide bonds. The lowest BCUT2D eigenvalue weighted by Crippen LogP contribution is -2.13. The molecule has 20 heavy (non-hydrogen) atoms. The minimum absolute atomic E-state index is 0.309. The summed E-state index contributed by atoms with van der Waals surface area (Å²) in [4.78, 5) is 0. The van der Waals surface area contributed by atoms with Gasteiger partial charge in [-0.2, -0.15) is 0 Å². The van der Waals surface area contributed by atoms with Crippen LogP contribution in [0.15, 0.2) is 46.9 Å². The second-order valence-corrected chi connectivity index (χ2v) is 5.09. The summed E-state index contributed by atoms with van der Waals surface area (Å²) in [6.07, 6.45) is 0. The van der Waals surface area contributed by atoms with Crippen LogP contribution in [0.2, 0.25) is 0 Å². The van der Waals surface area contributed by atoms with Crippen LogP contribution in [0.1, 0.15) is 28.5 Å². The predicted octanol–water partition coefficient (Wildman–Crippen LogP) is 4.24. The smallest absolute Gasteiger partial charge is 0.134 e. The van der Waals surface area contributed by atoms with Crippen molar-refractivity contribution >= 4 is 11.0 Å². The Morgan fingerprint density at radius 1 is 1.10 bits per heavy atom. The molecule has 0 saturated heterocycles. The molecule has 3 aromatic rings. The normalized spacial score (nSPS) is 12.8. The molecule has 0 aliphatic carbocycles. The van der Waals surface area contributed by atoms with Gasteiger partial charge in [-0.15, -0.1) is 0 Å². The molecule has 3 heteroatoms. The molecule has 0 aliphatic heterocycles. The van der Waals surface area contributed by atoms with Crippen molar-refractivity contribution in [1.29, 1.82) is 0 Å². The standard InChI is InChI=1S/C17H16FNO/c1-10-7-8-15-13(9-10)11(2)17(20-15)16(19)12-5-3-4-6-14(12)18/h3-9,16H,19H2,1-2H3. The van der Waals surface area contributed by atoms with E-state index in [0.717, 1.165) is 22.1 Å². The van der Waals surface area contributed by atoms with Gasteiger partial charge in [-0.25, -0.2) is 4.39 Å². The first-order valence-corrected chi connectivity index (χ1v) is 6.57. The number of fused-ring (bicyclic) bond motifs is 1. The summed E-state index contributed by atoms with van der Waals surface area (Å²) < 4.78 is 19.7. The van der Waals surface area contributed by atoms with E-state index in [0.29, 0.717) is 11.3 Å². The maximum absolute atomic E-state index is 13.9. The van der Waals surface area contributed by atoms with E-state index in [-0.39, 0.29) is 5.82 Å². The Balaban J connectivity index is 2.15. The summed E-state index contributed by atoms with van der Waals surface area (Å²) in [5.41, 5.74) is 9.55. The number of halogens is 1. The van der Waals surface area contributed by atoms with E-state index in [1.54, 1.807) is 18.2 Å². The van der Waals surface area contributed by atoms with Crippen molar-refractivity contribution in [2.75, 3.05) is 0 Å². The molecule has 2 aromatic carbocycles. The first-order chi connectivity index (χ1) is 9.58. The molecule has 1 atom stereocenters. The molecule has 1 aromatic heterocycles. The Kier molecular flexibility index (Phi) is 3.07.